The molecule has 152 valence electrons. The first kappa shape index (κ1) is 23.4. The Morgan fingerprint density at radius 1 is 1.26 bits per heavy atom. The lowest BCUT2D eigenvalue weighted by atomic mass is 10.2. The second-order valence-corrected chi connectivity index (χ2v) is 6.71. The van der Waals surface area contributed by atoms with E-state index < -0.39 is 0 Å². The molecule has 3 N–H and O–H groups in total. The molecule has 0 aliphatic heterocycles. The summed E-state index contributed by atoms with van der Waals surface area (Å²) in [7, 11) is 1.76. The van der Waals surface area contributed by atoms with Gasteiger partial charge in [0.05, 0.1) is 12.8 Å². The SMILES string of the molecule is CN=C(NCCCN(C(C)C)C(C)C)NCc1nc(-c2ccco2)n[nH]1.I. The molecule has 8 nitrogen and oxygen atoms in total. The van der Waals surface area contributed by atoms with Crippen molar-refractivity contribution in [3.8, 4) is 11.6 Å². The average Bonchev–Trinajstić information content (AvgIpc) is 3.27. The van der Waals surface area contributed by atoms with Crippen molar-refractivity contribution in [2.75, 3.05) is 20.1 Å². The molecule has 0 spiro atoms. The first-order chi connectivity index (χ1) is 12.5. The zero-order valence-electron chi connectivity index (χ0n) is 16.8. The molecule has 0 amide bonds. The smallest absolute Gasteiger partial charge is 0.216 e. The predicted octanol–water partition coefficient (Wildman–Crippen LogP) is 2.86. The van der Waals surface area contributed by atoms with Gasteiger partial charge >= 0.3 is 0 Å². The van der Waals surface area contributed by atoms with Crippen LogP contribution in [0.2, 0.25) is 0 Å². The standard InChI is InChI=1S/C18H31N7O.HI/c1-13(2)25(14(3)4)10-7-9-20-18(19-5)21-12-16-22-17(24-23-16)15-8-6-11-26-15;/h6,8,11,13-14H,7,9-10,12H2,1-5H3,(H2,19,20,21)(H,22,23,24);1H. The third-order valence-electron chi connectivity index (χ3n) is 4.13. The van der Waals surface area contributed by atoms with Crippen molar-refractivity contribution < 1.29 is 4.42 Å². The lowest BCUT2D eigenvalue weighted by Gasteiger charge is -2.30. The minimum absolute atomic E-state index is 0. The molecule has 0 aliphatic carbocycles. The van der Waals surface area contributed by atoms with Gasteiger partial charge in [0.15, 0.2) is 11.7 Å². The van der Waals surface area contributed by atoms with Gasteiger partial charge in [0.25, 0.3) is 0 Å². The van der Waals surface area contributed by atoms with Crippen molar-refractivity contribution in [3.05, 3.63) is 24.2 Å². The molecular weight excluding hydrogens is 457 g/mol. The number of H-pyrrole nitrogens is 1. The second-order valence-electron chi connectivity index (χ2n) is 6.71. The number of aromatic nitrogens is 3. The summed E-state index contributed by atoms with van der Waals surface area (Å²) in [6.45, 7) is 11.4. The lowest BCUT2D eigenvalue weighted by molar-refractivity contribution is 0.173. The van der Waals surface area contributed by atoms with Crippen LogP contribution in [-0.2, 0) is 6.54 Å². The molecule has 2 aromatic heterocycles. The summed E-state index contributed by atoms with van der Waals surface area (Å²) in [5.74, 6) is 2.68. The van der Waals surface area contributed by atoms with Crippen LogP contribution in [0.5, 0.6) is 0 Å². The normalized spacial score (nSPS) is 11.9. The maximum Gasteiger partial charge on any atom is 0.216 e. The van der Waals surface area contributed by atoms with Crippen molar-refractivity contribution in [3.63, 3.8) is 0 Å². The van der Waals surface area contributed by atoms with E-state index in [4.69, 9.17) is 4.42 Å². The van der Waals surface area contributed by atoms with E-state index in [9.17, 15) is 0 Å². The van der Waals surface area contributed by atoms with E-state index in [1.54, 1.807) is 13.3 Å². The third kappa shape index (κ3) is 7.49. The van der Waals surface area contributed by atoms with Crippen molar-refractivity contribution in [2.24, 2.45) is 4.99 Å². The number of nitrogens with zero attached hydrogens (tertiary/aromatic N) is 4. The number of aromatic amines is 1. The number of aliphatic imine (C=N–C) groups is 1. The van der Waals surface area contributed by atoms with Gasteiger partial charge in [-0.15, -0.1) is 29.1 Å². The lowest BCUT2D eigenvalue weighted by Crippen LogP contribution is -2.41. The topological polar surface area (TPSA) is 94.4 Å². The summed E-state index contributed by atoms with van der Waals surface area (Å²) >= 11 is 0. The van der Waals surface area contributed by atoms with Crippen LogP contribution in [0.25, 0.3) is 11.6 Å². The highest BCUT2D eigenvalue weighted by molar-refractivity contribution is 14.0. The molecule has 27 heavy (non-hydrogen) atoms. The van der Waals surface area contributed by atoms with Crippen LogP contribution in [0, 0.1) is 0 Å². The summed E-state index contributed by atoms with van der Waals surface area (Å²) in [6, 6.07) is 4.76. The first-order valence-electron chi connectivity index (χ1n) is 9.16. The van der Waals surface area contributed by atoms with Crippen LogP contribution in [0.3, 0.4) is 0 Å². The quantitative estimate of drug-likeness (QED) is 0.217. The maximum atomic E-state index is 5.29. The largest absolute Gasteiger partial charge is 0.461 e. The Bertz CT molecular complexity index is 659. The van der Waals surface area contributed by atoms with Gasteiger partial charge in [-0.1, -0.05) is 0 Å². The molecule has 2 rings (SSSR count). The molecule has 0 aliphatic rings. The monoisotopic (exact) mass is 489 g/mol. The van der Waals surface area contributed by atoms with E-state index in [-0.39, 0.29) is 24.0 Å². The molecule has 0 bridgehead atoms. The Morgan fingerprint density at radius 2 is 2.00 bits per heavy atom. The number of furan rings is 1. The van der Waals surface area contributed by atoms with E-state index >= 15 is 0 Å². The Hall–Kier alpha value is -1.62. The number of rotatable bonds is 9. The molecular formula is C18H32IN7O. The fraction of sp³-hybridized carbons (Fsp3) is 0.611. The van der Waals surface area contributed by atoms with Crippen LogP contribution < -0.4 is 10.6 Å². The number of guanidine groups is 1. The van der Waals surface area contributed by atoms with Crippen molar-refractivity contribution in [1.82, 2.24) is 30.7 Å². The second kappa shape index (κ2) is 12.0. The average molecular weight is 489 g/mol. The van der Waals surface area contributed by atoms with Gasteiger partial charge in [-0.05, 0) is 46.2 Å². The van der Waals surface area contributed by atoms with E-state index in [1.165, 1.54) is 0 Å². The fourth-order valence-electron chi connectivity index (χ4n) is 2.86. The zero-order chi connectivity index (χ0) is 18.9. The molecule has 0 aromatic carbocycles. The van der Waals surface area contributed by atoms with Crippen molar-refractivity contribution >= 4 is 29.9 Å². The van der Waals surface area contributed by atoms with Crippen LogP contribution in [0.4, 0.5) is 0 Å². The molecule has 0 fully saturated rings. The van der Waals surface area contributed by atoms with Gasteiger partial charge in [-0.3, -0.25) is 15.0 Å². The van der Waals surface area contributed by atoms with E-state index in [0.29, 0.717) is 30.2 Å². The summed E-state index contributed by atoms with van der Waals surface area (Å²) in [4.78, 5) is 11.1. The molecule has 0 saturated heterocycles. The van der Waals surface area contributed by atoms with Crippen molar-refractivity contribution in [2.45, 2.75) is 52.7 Å². The van der Waals surface area contributed by atoms with Crippen LogP contribution >= 0.6 is 24.0 Å². The van der Waals surface area contributed by atoms with E-state index in [1.807, 2.05) is 12.1 Å². The predicted molar refractivity (Wildman–Crippen MR) is 119 cm³/mol. The number of halogens is 1. The maximum absolute atomic E-state index is 5.29. The Balaban J connectivity index is 0.00000364. The third-order valence-corrected chi connectivity index (χ3v) is 4.13. The van der Waals surface area contributed by atoms with Crippen LogP contribution in [0.15, 0.2) is 27.8 Å². The minimum Gasteiger partial charge on any atom is -0.461 e. The van der Waals surface area contributed by atoms with Gasteiger partial charge < -0.3 is 15.1 Å². The van der Waals surface area contributed by atoms with Gasteiger partial charge in [0.1, 0.15) is 5.82 Å². The summed E-state index contributed by atoms with van der Waals surface area (Å²) in [5, 5.41) is 13.6. The molecule has 9 heteroatoms. The molecule has 0 atom stereocenters. The van der Waals surface area contributed by atoms with Crippen molar-refractivity contribution in [1.29, 1.82) is 0 Å². The zero-order valence-corrected chi connectivity index (χ0v) is 19.2. The molecule has 0 radical (unpaired) electrons. The highest BCUT2D eigenvalue weighted by Crippen LogP contribution is 2.14. The molecule has 0 saturated carbocycles. The summed E-state index contributed by atoms with van der Waals surface area (Å²) in [6.07, 6.45) is 2.66. The van der Waals surface area contributed by atoms with Gasteiger partial charge in [0, 0.05) is 32.2 Å². The van der Waals surface area contributed by atoms with Gasteiger partial charge in [-0.2, -0.15) is 0 Å². The summed E-state index contributed by atoms with van der Waals surface area (Å²) < 4.78 is 5.29. The van der Waals surface area contributed by atoms with Gasteiger partial charge in [-0.25, -0.2) is 4.98 Å². The number of nitrogens with one attached hydrogen (secondary N) is 3. The number of hydrogen-bond acceptors (Lipinski definition) is 5. The molecule has 0 unspecified atom stereocenters. The van der Waals surface area contributed by atoms with Crippen LogP contribution in [-0.4, -0.2) is 58.3 Å². The Labute approximate surface area is 178 Å². The minimum atomic E-state index is 0. The Morgan fingerprint density at radius 3 is 2.59 bits per heavy atom. The summed E-state index contributed by atoms with van der Waals surface area (Å²) in [5.41, 5.74) is 0. The molecule has 2 heterocycles. The molecule has 2 aromatic rings. The highest BCUT2D eigenvalue weighted by Gasteiger charge is 2.12. The van der Waals surface area contributed by atoms with E-state index in [2.05, 4.69) is 63.4 Å². The fourth-order valence-corrected chi connectivity index (χ4v) is 2.86. The highest BCUT2D eigenvalue weighted by atomic mass is 127. The van der Waals surface area contributed by atoms with E-state index in [0.717, 1.165) is 31.3 Å². The number of hydrogen-bond donors (Lipinski definition) is 3. The first-order valence-corrected chi connectivity index (χ1v) is 9.16. The van der Waals surface area contributed by atoms with Crippen LogP contribution in [0.1, 0.15) is 39.9 Å². The Kier molecular flexibility index (Phi) is 10.4. The van der Waals surface area contributed by atoms with Gasteiger partial charge in [0.2, 0.25) is 5.82 Å².